The average molecular weight is 333 g/mol. The molecule has 1 aromatic carbocycles. The maximum Gasteiger partial charge on any atom is 0.410 e. The van der Waals surface area contributed by atoms with Crippen molar-refractivity contribution >= 4 is 17.8 Å². The number of nitrogens with zero attached hydrogens (tertiary/aromatic N) is 2. The van der Waals surface area contributed by atoms with E-state index in [2.05, 4.69) is 5.32 Å². The van der Waals surface area contributed by atoms with Gasteiger partial charge in [-0.15, -0.1) is 0 Å². The first-order valence-electron chi connectivity index (χ1n) is 8.01. The summed E-state index contributed by atoms with van der Waals surface area (Å²) >= 11 is 0. The fourth-order valence-corrected chi connectivity index (χ4v) is 2.95. The minimum Gasteiger partial charge on any atom is -0.495 e. The van der Waals surface area contributed by atoms with Crippen molar-refractivity contribution in [2.75, 3.05) is 25.1 Å². The summed E-state index contributed by atoms with van der Waals surface area (Å²) in [6, 6.07) is 3.71. The summed E-state index contributed by atoms with van der Waals surface area (Å²) in [4.78, 5) is 27.5. The first-order chi connectivity index (χ1) is 11.3. The van der Waals surface area contributed by atoms with E-state index in [0.717, 1.165) is 16.8 Å². The maximum absolute atomic E-state index is 12.3. The Hall–Kier alpha value is -2.44. The third-order valence-electron chi connectivity index (χ3n) is 4.02. The Morgan fingerprint density at radius 2 is 1.88 bits per heavy atom. The van der Waals surface area contributed by atoms with Gasteiger partial charge in [0.05, 0.1) is 12.8 Å². The van der Waals surface area contributed by atoms with Crippen LogP contribution in [0.1, 0.15) is 31.9 Å². The Bertz CT molecular complexity index is 681. The molecule has 7 nitrogen and oxygen atoms in total. The van der Waals surface area contributed by atoms with Crippen molar-refractivity contribution in [3.63, 3.8) is 0 Å². The molecule has 3 rings (SSSR count). The molecule has 1 saturated heterocycles. The third kappa shape index (κ3) is 3.11. The Balaban J connectivity index is 1.84. The molecule has 7 heteroatoms. The molecule has 0 aromatic heterocycles. The van der Waals surface area contributed by atoms with Crippen LogP contribution in [-0.4, -0.2) is 42.8 Å². The number of carbonyl (C=O) groups is 2. The Morgan fingerprint density at radius 3 is 2.42 bits per heavy atom. The highest BCUT2D eigenvalue weighted by atomic mass is 16.6. The maximum atomic E-state index is 12.3. The molecule has 1 N–H and O–H groups in total. The van der Waals surface area contributed by atoms with E-state index in [1.165, 1.54) is 0 Å². The summed E-state index contributed by atoms with van der Waals surface area (Å²) in [5, 5.41) is 2.79. The standard InChI is InChI=1S/C17H23N3O4/c1-17(2,3)24-16(22)19-9-11-7-13(20-6-5-18-15(20)21)14(23-4)8-12(11)10-19/h7-8H,5-6,9-10H2,1-4H3,(H,18,21). The molecule has 0 atom stereocenters. The fraction of sp³-hybridized carbons (Fsp3) is 0.529. The molecular weight excluding hydrogens is 310 g/mol. The molecule has 0 bridgehead atoms. The van der Waals surface area contributed by atoms with Crippen LogP contribution in [0.15, 0.2) is 12.1 Å². The summed E-state index contributed by atoms with van der Waals surface area (Å²) < 4.78 is 10.9. The topological polar surface area (TPSA) is 71.1 Å². The molecular formula is C17H23N3O4. The molecule has 24 heavy (non-hydrogen) atoms. The summed E-state index contributed by atoms with van der Waals surface area (Å²) in [5.41, 5.74) is 2.23. The summed E-state index contributed by atoms with van der Waals surface area (Å²) in [6.07, 6.45) is -0.335. The van der Waals surface area contributed by atoms with E-state index in [1.807, 2.05) is 32.9 Å². The Morgan fingerprint density at radius 1 is 1.21 bits per heavy atom. The van der Waals surface area contributed by atoms with E-state index in [9.17, 15) is 9.59 Å². The lowest BCUT2D eigenvalue weighted by Gasteiger charge is -2.24. The van der Waals surface area contributed by atoms with Crippen LogP contribution in [0, 0.1) is 0 Å². The van der Waals surface area contributed by atoms with Gasteiger partial charge in [0.25, 0.3) is 0 Å². The van der Waals surface area contributed by atoms with Crippen molar-refractivity contribution in [2.45, 2.75) is 39.5 Å². The van der Waals surface area contributed by atoms with Crippen molar-refractivity contribution in [2.24, 2.45) is 0 Å². The van der Waals surface area contributed by atoms with Gasteiger partial charge >= 0.3 is 12.1 Å². The van der Waals surface area contributed by atoms with E-state index in [-0.39, 0.29) is 12.1 Å². The van der Waals surface area contributed by atoms with Gasteiger partial charge in [-0.3, -0.25) is 9.80 Å². The second-order valence-corrected chi connectivity index (χ2v) is 7.01. The zero-order valence-electron chi connectivity index (χ0n) is 14.5. The van der Waals surface area contributed by atoms with Crippen LogP contribution in [0.3, 0.4) is 0 Å². The second kappa shape index (κ2) is 5.89. The molecule has 3 amide bonds. The third-order valence-corrected chi connectivity index (χ3v) is 4.02. The van der Waals surface area contributed by atoms with Crippen molar-refractivity contribution in [3.8, 4) is 5.75 Å². The van der Waals surface area contributed by atoms with Gasteiger partial charge in [0, 0.05) is 26.2 Å². The number of ether oxygens (including phenoxy) is 2. The molecule has 130 valence electrons. The highest BCUT2D eigenvalue weighted by Gasteiger charge is 2.31. The van der Waals surface area contributed by atoms with Crippen LogP contribution in [0.25, 0.3) is 0 Å². The number of hydrogen-bond acceptors (Lipinski definition) is 4. The minimum absolute atomic E-state index is 0.129. The van der Waals surface area contributed by atoms with E-state index >= 15 is 0 Å². The van der Waals surface area contributed by atoms with E-state index < -0.39 is 5.60 Å². The Labute approximate surface area is 141 Å². The average Bonchev–Trinajstić information content (AvgIpc) is 3.09. The van der Waals surface area contributed by atoms with Crippen molar-refractivity contribution in [1.82, 2.24) is 10.2 Å². The summed E-state index contributed by atoms with van der Waals surface area (Å²) in [6.45, 7) is 7.71. The van der Waals surface area contributed by atoms with Gasteiger partial charge in [-0.05, 0) is 44.0 Å². The van der Waals surface area contributed by atoms with E-state index in [4.69, 9.17) is 9.47 Å². The van der Waals surface area contributed by atoms with Gasteiger partial charge in [0.2, 0.25) is 0 Å². The molecule has 0 saturated carbocycles. The van der Waals surface area contributed by atoms with Gasteiger partial charge in [-0.25, -0.2) is 9.59 Å². The first kappa shape index (κ1) is 16.4. The molecule has 1 aromatic rings. The zero-order chi connectivity index (χ0) is 17.5. The number of urea groups is 1. The predicted molar refractivity (Wildman–Crippen MR) is 89.2 cm³/mol. The predicted octanol–water partition coefficient (Wildman–Crippen LogP) is 2.48. The van der Waals surface area contributed by atoms with Crippen LogP contribution >= 0.6 is 0 Å². The van der Waals surface area contributed by atoms with Gasteiger partial charge in [-0.1, -0.05) is 0 Å². The largest absolute Gasteiger partial charge is 0.495 e. The number of fused-ring (bicyclic) bond motifs is 1. The quantitative estimate of drug-likeness (QED) is 0.902. The molecule has 0 radical (unpaired) electrons. The van der Waals surface area contributed by atoms with Gasteiger partial charge in [-0.2, -0.15) is 0 Å². The monoisotopic (exact) mass is 333 g/mol. The first-order valence-corrected chi connectivity index (χ1v) is 8.01. The molecule has 2 aliphatic rings. The van der Waals surface area contributed by atoms with Crippen molar-refractivity contribution < 1.29 is 19.1 Å². The number of hydrogen-bond donors (Lipinski definition) is 1. The number of amides is 3. The lowest BCUT2D eigenvalue weighted by molar-refractivity contribution is 0.0241. The van der Waals surface area contributed by atoms with Gasteiger partial charge in [0.1, 0.15) is 11.4 Å². The molecule has 2 heterocycles. The number of anilines is 1. The van der Waals surface area contributed by atoms with Crippen LogP contribution < -0.4 is 15.0 Å². The number of nitrogens with one attached hydrogen (secondary N) is 1. The van der Waals surface area contributed by atoms with E-state index in [0.29, 0.717) is 31.9 Å². The molecule has 1 fully saturated rings. The molecule has 0 aliphatic carbocycles. The number of rotatable bonds is 2. The van der Waals surface area contributed by atoms with Crippen LogP contribution in [0.4, 0.5) is 15.3 Å². The van der Waals surface area contributed by atoms with Gasteiger partial charge in [0.15, 0.2) is 0 Å². The van der Waals surface area contributed by atoms with Crippen molar-refractivity contribution in [1.29, 1.82) is 0 Å². The second-order valence-electron chi connectivity index (χ2n) is 7.01. The molecule has 0 unspecified atom stereocenters. The van der Waals surface area contributed by atoms with E-state index in [1.54, 1.807) is 16.9 Å². The number of benzene rings is 1. The lowest BCUT2D eigenvalue weighted by atomic mass is 10.1. The van der Waals surface area contributed by atoms with Crippen LogP contribution in [0.2, 0.25) is 0 Å². The summed E-state index contributed by atoms with van der Waals surface area (Å²) in [5.74, 6) is 0.636. The smallest absolute Gasteiger partial charge is 0.410 e. The minimum atomic E-state index is -0.525. The van der Waals surface area contributed by atoms with Crippen LogP contribution in [0.5, 0.6) is 5.75 Å². The molecule has 2 aliphatic heterocycles. The molecule has 0 spiro atoms. The number of methoxy groups -OCH3 is 1. The van der Waals surface area contributed by atoms with Crippen molar-refractivity contribution in [3.05, 3.63) is 23.3 Å². The highest BCUT2D eigenvalue weighted by molar-refractivity contribution is 5.95. The lowest BCUT2D eigenvalue weighted by Crippen LogP contribution is -2.33. The normalized spacial score (nSPS) is 16.9. The fourth-order valence-electron chi connectivity index (χ4n) is 2.95. The van der Waals surface area contributed by atoms with Crippen LogP contribution in [-0.2, 0) is 17.8 Å². The Kier molecular flexibility index (Phi) is 4.03. The van der Waals surface area contributed by atoms with Gasteiger partial charge < -0.3 is 14.8 Å². The number of carbonyl (C=O) groups excluding carboxylic acids is 2. The summed E-state index contributed by atoms with van der Waals surface area (Å²) in [7, 11) is 1.58. The SMILES string of the molecule is COc1cc2c(cc1N1CCNC1=O)CN(C(=O)OC(C)(C)C)C2. The zero-order valence-corrected chi connectivity index (χ0v) is 14.5. The highest BCUT2D eigenvalue weighted by Crippen LogP contribution is 2.36.